The van der Waals surface area contributed by atoms with E-state index in [-0.39, 0.29) is 54.9 Å². The Morgan fingerprint density at radius 3 is 1.88 bits per heavy atom. The van der Waals surface area contributed by atoms with Crippen molar-refractivity contribution in [1.29, 1.82) is 0 Å². The largest absolute Gasteiger partial charge is 0.498 e. The van der Waals surface area contributed by atoms with Crippen LogP contribution >= 0.6 is 0 Å². The zero-order valence-electron chi connectivity index (χ0n) is 27.5. The molecule has 2 fully saturated rings. The topological polar surface area (TPSA) is 109 Å². The lowest BCUT2D eigenvalue weighted by molar-refractivity contribution is -0.145. The summed E-state index contributed by atoms with van der Waals surface area (Å²) in [6.07, 6.45) is 14.9. The molecular weight excluding hydrogens is 544 g/mol. The van der Waals surface area contributed by atoms with Crippen LogP contribution in [-0.4, -0.2) is 72.3 Å². The smallest absolute Gasteiger partial charge is 0.124 e. The molecule has 43 heavy (non-hydrogen) atoms. The lowest BCUT2D eigenvalue weighted by Crippen LogP contribution is -2.58. The summed E-state index contributed by atoms with van der Waals surface area (Å²) < 4.78 is 20.0. The molecule has 6 rings (SSSR count). The van der Waals surface area contributed by atoms with Gasteiger partial charge in [0.05, 0.1) is 31.7 Å². The summed E-state index contributed by atoms with van der Waals surface area (Å²) in [5, 5.41) is 42.6. The first-order chi connectivity index (χ1) is 20.5. The summed E-state index contributed by atoms with van der Waals surface area (Å²) in [6, 6.07) is 0. The maximum absolute atomic E-state index is 10.9. The molecule has 1 saturated carbocycles. The minimum absolute atomic E-state index is 0.00282. The second-order valence-electron chi connectivity index (χ2n) is 15.1. The fraction of sp³-hybridized carbons (Fsp3) is 0.833. The Labute approximate surface area is 259 Å². The quantitative estimate of drug-likeness (QED) is 0.194. The molecule has 7 heteroatoms. The minimum Gasteiger partial charge on any atom is -0.498 e. The Balaban J connectivity index is 1.38. The van der Waals surface area contributed by atoms with E-state index in [1.807, 2.05) is 0 Å². The summed E-state index contributed by atoms with van der Waals surface area (Å²) in [6.45, 7) is 14.0. The molecule has 0 aromatic carbocycles. The van der Waals surface area contributed by atoms with Crippen molar-refractivity contribution >= 4 is 0 Å². The number of aliphatic hydroxyl groups excluding tert-OH is 4. The third-order valence-electron chi connectivity index (χ3n) is 14.4. The lowest BCUT2D eigenvalue weighted by Gasteiger charge is -2.60. The average molecular weight is 603 g/mol. The van der Waals surface area contributed by atoms with Crippen LogP contribution in [0.5, 0.6) is 0 Å². The van der Waals surface area contributed by atoms with Crippen molar-refractivity contribution in [3.8, 4) is 0 Å². The Hall–Kier alpha value is -1.38. The molecule has 2 heterocycles. The SMILES string of the molecule is CCC1(CO)CC=C(OCC2(C)C3OC(C=C3OCC3(C)C4C=CC(CC4)C3(CC)CO)C2(CC)CO)CC1(CC)CO. The second-order valence-corrected chi connectivity index (χ2v) is 15.1. The molecule has 6 aliphatic rings. The van der Waals surface area contributed by atoms with Crippen LogP contribution in [0.1, 0.15) is 92.9 Å². The van der Waals surface area contributed by atoms with Crippen LogP contribution < -0.4 is 0 Å². The molecule has 4 bridgehead atoms. The van der Waals surface area contributed by atoms with Gasteiger partial charge in [0.15, 0.2) is 0 Å². The van der Waals surface area contributed by atoms with Gasteiger partial charge in [-0.25, -0.2) is 0 Å². The molecule has 0 spiro atoms. The standard InChI is InChI=1S/C36H58O7/c1-7-33(19-37)16-15-27(18-34(33,8-2)20-38)41-24-32(6)30-28(17-29(43-30)36(32,10-4)22-40)42-23-31(5)25-11-13-26(14-12-25)35(31,9-3)21-39/h11,13,15,17,25-26,29-30,37-40H,7-10,12,14,16,18-24H2,1-6H3. The van der Waals surface area contributed by atoms with Crippen molar-refractivity contribution in [2.75, 3.05) is 39.6 Å². The normalized spacial score (nSPS) is 46.7. The molecule has 10 unspecified atom stereocenters. The molecule has 10 atom stereocenters. The van der Waals surface area contributed by atoms with Gasteiger partial charge in [0, 0.05) is 58.7 Å². The van der Waals surface area contributed by atoms with E-state index in [9.17, 15) is 20.4 Å². The molecule has 4 N–H and O–H groups in total. The van der Waals surface area contributed by atoms with E-state index in [4.69, 9.17) is 14.2 Å². The van der Waals surface area contributed by atoms with E-state index in [1.165, 1.54) is 0 Å². The zero-order chi connectivity index (χ0) is 31.3. The number of ether oxygens (including phenoxy) is 3. The Morgan fingerprint density at radius 1 is 0.744 bits per heavy atom. The molecule has 0 aromatic rings. The highest BCUT2D eigenvalue weighted by Gasteiger charge is 2.68. The Kier molecular flexibility index (Phi) is 9.03. The maximum Gasteiger partial charge on any atom is 0.124 e. The van der Waals surface area contributed by atoms with Crippen molar-refractivity contribution in [2.45, 2.75) is 105 Å². The van der Waals surface area contributed by atoms with Crippen LogP contribution in [0.4, 0.5) is 0 Å². The van der Waals surface area contributed by atoms with E-state index in [0.717, 1.165) is 50.0 Å². The number of fused-ring (bicyclic) bond motifs is 4. The molecule has 2 aliphatic heterocycles. The van der Waals surface area contributed by atoms with Crippen molar-refractivity contribution in [3.63, 3.8) is 0 Å². The molecule has 244 valence electrons. The van der Waals surface area contributed by atoms with Crippen LogP contribution in [0, 0.1) is 44.3 Å². The van der Waals surface area contributed by atoms with Gasteiger partial charge < -0.3 is 34.6 Å². The third-order valence-corrected chi connectivity index (χ3v) is 14.4. The minimum atomic E-state index is -0.540. The van der Waals surface area contributed by atoms with Crippen LogP contribution in [-0.2, 0) is 14.2 Å². The predicted molar refractivity (Wildman–Crippen MR) is 167 cm³/mol. The van der Waals surface area contributed by atoms with Gasteiger partial charge in [0.25, 0.3) is 0 Å². The Bertz CT molecular complexity index is 1090. The van der Waals surface area contributed by atoms with Crippen LogP contribution in [0.25, 0.3) is 0 Å². The second kappa shape index (κ2) is 11.8. The van der Waals surface area contributed by atoms with Crippen LogP contribution in [0.3, 0.4) is 0 Å². The van der Waals surface area contributed by atoms with Gasteiger partial charge in [-0.2, -0.15) is 0 Å². The first-order valence-corrected chi connectivity index (χ1v) is 17.0. The van der Waals surface area contributed by atoms with E-state index in [0.29, 0.717) is 37.9 Å². The number of hydrogen-bond donors (Lipinski definition) is 4. The van der Waals surface area contributed by atoms with Gasteiger partial charge in [0.1, 0.15) is 11.9 Å². The highest BCUT2D eigenvalue weighted by molar-refractivity contribution is 5.30. The summed E-state index contributed by atoms with van der Waals surface area (Å²) in [4.78, 5) is 0. The number of hydrogen-bond acceptors (Lipinski definition) is 7. The van der Waals surface area contributed by atoms with Crippen LogP contribution in [0.2, 0.25) is 0 Å². The highest BCUT2D eigenvalue weighted by atomic mass is 16.6. The van der Waals surface area contributed by atoms with E-state index in [1.54, 1.807) is 0 Å². The van der Waals surface area contributed by atoms with Gasteiger partial charge in [0.2, 0.25) is 0 Å². The predicted octanol–water partition coefficient (Wildman–Crippen LogP) is 5.53. The van der Waals surface area contributed by atoms with E-state index < -0.39 is 16.2 Å². The van der Waals surface area contributed by atoms with Gasteiger partial charge in [-0.3, -0.25) is 0 Å². The van der Waals surface area contributed by atoms with Crippen molar-refractivity contribution in [3.05, 3.63) is 35.8 Å². The monoisotopic (exact) mass is 602 g/mol. The molecule has 0 aromatic heterocycles. The zero-order valence-corrected chi connectivity index (χ0v) is 27.5. The molecule has 0 amide bonds. The van der Waals surface area contributed by atoms with E-state index >= 15 is 0 Å². The lowest BCUT2D eigenvalue weighted by atomic mass is 9.45. The van der Waals surface area contributed by atoms with Crippen molar-refractivity contribution in [1.82, 2.24) is 0 Å². The van der Waals surface area contributed by atoms with Crippen LogP contribution in [0.15, 0.2) is 35.8 Å². The van der Waals surface area contributed by atoms with E-state index in [2.05, 4.69) is 65.8 Å². The molecule has 1 saturated heterocycles. The number of rotatable bonds is 14. The molecular formula is C36H58O7. The van der Waals surface area contributed by atoms with Gasteiger partial charge >= 0.3 is 0 Å². The number of allylic oxidation sites excluding steroid dienone is 4. The summed E-state index contributed by atoms with van der Waals surface area (Å²) in [7, 11) is 0. The first-order valence-electron chi connectivity index (χ1n) is 17.0. The third kappa shape index (κ3) is 4.31. The summed E-state index contributed by atoms with van der Waals surface area (Å²) >= 11 is 0. The van der Waals surface area contributed by atoms with Crippen molar-refractivity contribution < 1.29 is 34.6 Å². The Morgan fingerprint density at radius 2 is 1.35 bits per heavy atom. The average Bonchev–Trinajstić information content (AvgIpc) is 3.59. The summed E-state index contributed by atoms with van der Waals surface area (Å²) in [5.74, 6) is 2.40. The maximum atomic E-state index is 10.9. The summed E-state index contributed by atoms with van der Waals surface area (Å²) in [5.41, 5.74) is -2.25. The van der Waals surface area contributed by atoms with Gasteiger partial charge in [-0.15, -0.1) is 0 Å². The number of aliphatic hydroxyl groups is 4. The highest BCUT2D eigenvalue weighted by Crippen LogP contribution is 2.64. The fourth-order valence-electron chi connectivity index (χ4n) is 10.5. The molecule has 0 radical (unpaired) electrons. The van der Waals surface area contributed by atoms with Gasteiger partial charge in [-0.1, -0.05) is 53.7 Å². The first kappa shape index (κ1) is 33.0. The van der Waals surface area contributed by atoms with Gasteiger partial charge in [-0.05, 0) is 68.9 Å². The van der Waals surface area contributed by atoms with Crippen molar-refractivity contribution in [2.24, 2.45) is 44.3 Å². The fourth-order valence-corrected chi connectivity index (χ4v) is 10.5. The molecule has 7 nitrogen and oxygen atoms in total. The molecule has 4 aliphatic carbocycles.